The number of benzene rings is 1. The first-order chi connectivity index (χ1) is 16.3. The van der Waals surface area contributed by atoms with Gasteiger partial charge in [0, 0.05) is 25.2 Å². The number of aromatic nitrogens is 3. The number of halogens is 1. The van der Waals surface area contributed by atoms with E-state index in [0.717, 1.165) is 61.0 Å². The topological polar surface area (TPSA) is 131 Å². The predicted octanol–water partition coefficient (Wildman–Crippen LogP) is 2.99. The number of fused-ring (bicyclic) bond motifs is 4. The minimum atomic E-state index is -4.00. The Morgan fingerprint density at radius 3 is 2.68 bits per heavy atom. The van der Waals surface area contributed by atoms with Gasteiger partial charge in [-0.15, -0.1) is 0 Å². The largest absolute Gasteiger partial charge is 0.322 e. The lowest BCUT2D eigenvalue weighted by Crippen LogP contribution is -2.60. The van der Waals surface area contributed by atoms with Crippen molar-refractivity contribution in [3.8, 4) is 0 Å². The van der Waals surface area contributed by atoms with Gasteiger partial charge in [-0.3, -0.25) is 20.0 Å². The minimum absolute atomic E-state index is 0.0530. The molecule has 2 aliphatic rings. The lowest BCUT2D eigenvalue weighted by molar-refractivity contribution is 0.270. The molecule has 1 saturated carbocycles. The number of hydrazine groups is 1. The summed E-state index contributed by atoms with van der Waals surface area (Å²) in [4.78, 5) is 13.4. The highest BCUT2D eigenvalue weighted by Crippen LogP contribution is 2.44. The van der Waals surface area contributed by atoms with Crippen molar-refractivity contribution in [1.82, 2.24) is 20.0 Å². The molecule has 0 atom stereocenters. The average Bonchev–Trinajstić information content (AvgIpc) is 3.20. The van der Waals surface area contributed by atoms with E-state index in [0.29, 0.717) is 0 Å². The van der Waals surface area contributed by atoms with Gasteiger partial charge >= 0.3 is 0 Å². The van der Waals surface area contributed by atoms with E-state index >= 15 is 0 Å². The molecule has 1 aliphatic carbocycles. The van der Waals surface area contributed by atoms with Crippen molar-refractivity contribution in [2.45, 2.75) is 49.5 Å². The third-order valence-electron chi connectivity index (χ3n) is 6.64. The predicted molar refractivity (Wildman–Crippen MR) is 129 cm³/mol. The van der Waals surface area contributed by atoms with Crippen LogP contribution in [0.15, 0.2) is 40.4 Å². The van der Waals surface area contributed by atoms with Crippen molar-refractivity contribution in [1.29, 1.82) is 0 Å². The van der Waals surface area contributed by atoms with Crippen LogP contribution in [0.1, 0.15) is 39.0 Å². The van der Waals surface area contributed by atoms with E-state index in [1.54, 1.807) is 13.2 Å². The van der Waals surface area contributed by atoms with E-state index in [1.165, 1.54) is 18.6 Å². The molecule has 10 nitrogen and oxygen atoms in total. The molecule has 0 unspecified atom stereocenters. The molecular weight excluding hydrogens is 459 g/mol. The monoisotopic (exact) mass is 486 g/mol. The first-order valence-corrected chi connectivity index (χ1v) is 12.8. The smallest absolute Gasteiger partial charge is 0.238 e. The zero-order valence-corrected chi connectivity index (χ0v) is 19.9. The first kappa shape index (κ1) is 22.5. The van der Waals surface area contributed by atoms with Gasteiger partial charge in [0.05, 0.1) is 10.6 Å². The maximum Gasteiger partial charge on any atom is 0.238 e. The Labute approximate surface area is 197 Å². The maximum absolute atomic E-state index is 14.6. The van der Waals surface area contributed by atoms with Gasteiger partial charge in [0.1, 0.15) is 28.7 Å². The molecule has 1 aromatic carbocycles. The minimum Gasteiger partial charge on any atom is -0.322 e. The standard InChI is InChI=1S/C22H27FN8O2S/c1-3-30-18-11-14-13-26-21(27-17-8-7-15(12-16(17)23)34(24,32)33)28-19(14)31(18)22(20(25-2)29-30)9-5-4-6-10-22/h7-8,11-13H,3-6,9-10H2,1-2H3,(H,25,29)(H2,24,32,33)(H,26,27,28). The van der Waals surface area contributed by atoms with Gasteiger partial charge in [-0.2, -0.15) is 4.98 Å². The Bertz CT molecular complexity index is 1400. The summed E-state index contributed by atoms with van der Waals surface area (Å²) < 4.78 is 39.9. The van der Waals surface area contributed by atoms with Crippen molar-refractivity contribution in [2.75, 3.05) is 23.9 Å². The van der Waals surface area contributed by atoms with Crippen molar-refractivity contribution in [3.05, 3.63) is 36.3 Å². The summed E-state index contributed by atoms with van der Waals surface area (Å²) in [6.45, 7) is 2.79. The summed E-state index contributed by atoms with van der Waals surface area (Å²) in [5.74, 6) is 1.34. The second-order valence-electron chi connectivity index (χ2n) is 8.64. The van der Waals surface area contributed by atoms with Crippen LogP contribution >= 0.6 is 0 Å². The van der Waals surface area contributed by atoms with E-state index in [2.05, 4.69) is 38.3 Å². The Morgan fingerprint density at radius 2 is 2.03 bits per heavy atom. The van der Waals surface area contributed by atoms with E-state index in [1.807, 2.05) is 5.01 Å². The van der Waals surface area contributed by atoms with Crippen LogP contribution in [0.25, 0.3) is 11.0 Å². The number of nitrogens with two attached hydrogens (primary N) is 1. The van der Waals surface area contributed by atoms with Gasteiger partial charge in [-0.1, -0.05) is 19.3 Å². The molecule has 12 heteroatoms. The fourth-order valence-corrected chi connectivity index (χ4v) is 5.57. The highest BCUT2D eigenvalue weighted by Gasteiger charge is 2.45. The number of anilines is 3. The fourth-order valence-electron chi connectivity index (χ4n) is 5.04. The molecule has 180 valence electrons. The Balaban J connectivity index is 1.62. The Hall–Kier alpha value is -3.25. The van der Waals surface area contributed by atoms with Crippen LogP contribution in [-0.4, -0.2) is 42.4 Å². The van der Waals surface area contributed by atoms with Crippen LogP contribution in [0.5, 0.6) is 0 Å². The molecular formula is C22H27FN8O2S. The number of primary sulfonamides is 1. The van der Waals surface area contributed by atoms with Crippen molar-refractivity contribution in [3.63, 3.8) is 0 Å². The Kier molecular flexibility index (Phi) is 5.44. The summed E-state index contributed by atoms with van der Waals surface area (Å²) in [6.07, 6.45) is 6.95. The summed E-state index contributed by atoms with van der Waals surface area (Å²) >= 11 is 0. The molecule has 0 bridgehead atoms. The van der Waals surface area contributed by atoms with Gasteiger partial charge in [0.2, 0.25) is 16.0 Å². The van der Waals surface area contributed by atoms with Gasteiger partial charge in [0.15, 0.2) is 0 Å². The number of nitrogens with zero attached hydrogens (tertiary/aromatic N) is 5. The molecule has 0 radical (unpaired) electrons. The lowest BCUT2D eigenvalue weighted by Gasteiger charge is -2.47. The second kappa shape index (κ2) is 8.20. The molecule has 1 fully saturated rings. The molecule has 1 aliphatic heterocycles. The third kappa shape index (κ3) is 3.57. The molecule has 0 amide bonds. The normalized spacial score (nSPS) is 18.8. The number of amidine groups is 1. The maximum atomic E-state index is 14.6. The molecule has 4 N–H and O–H groups in total. The molecule has 0 saturated heterocycles. The molecule has 1 spiro atoms. The van der Waals surface area contributed by atoms with Crippen LogP contribution in [0, 0.1) is 5.82 Å². The van der Waals surface area contributed by atoms with Crippen LogP contribution in [0.4, 0.5) is 21.8 Å². The molecule has 5 rings (SSSR count). The second-order valence-corrected chi connectivity index (χ2v) is 10.2. The quantitative estimate of drug-likeness (QED) is 0.517. The molecule has 2 aromatic heterocycles. The number of rotatable bonds is 4. The SMILES string of the molecule is CCN1NC(=NC)C2(CCCCC2)n2c1cc1cnc(Nc3ccc(S(N)(=O)=O)cc3F)nc12. The van der Waals surface area contributed by atoms with E-state index in [9.17, 15) is 12.8 Å². The van der Waals surface area contributed by atoms with Crippen LogP contribution in [0.3, 0.4) is 0 Å². The van der Waals surface area contributed by atoms with Gasteiger partial charge < -0.3 is 5.32 Å². The average molecular weight is 487 g/mol. The van der Waals surface area contributed by atoms with Crippen molar-refractivity contribution in [2.24, 2.45) is 10.1 Å². The number of sulfonamides is 1. The summed E-state index contributed by atoms with van der Waals surface area (Å²) in [7, 11) is -2.20. The molecule has 34 heavy (non-hydrogen) atoms. The van der Waals surface area contributed by atoms with Crippen molar-refractivity contribution >= 4 is 44.3 Å². The highest BCUT2D eigenvalue weighted by molar-refractivity contribution is 7.89. The summed E-state index contributed by atoms with van der Waals surface area (Å²) in [5.41, 5.74) is 3.96. The number of aliphatic imine (C=N–C) groups is 1. The van der Waals surface area contributed by atoms with E-state index in [4.69, 9.17) is 10.1 Å². The number of nitrogens with one attached hydrogen (secondary N) is 2. The summed E-state index contributed by atoms with van der Waals surface area (Å²) in [6, 6.07) is 5.48. The molecule has 3 aromatic rings. The van der Waals surface area contributed by atoms with Crippen LogP contribution in [-0.2, 0) is 15.6 Å². The fraction of sp³-hybridized carbons (Fsp3) is 0.409. The highest BCUT2D eigenvalue weighted by atomic mass is 32.2. The lowest BCUT2D eigenvalue weighted by atomic mass is 9.79. The van der Waals surface area contributed by atoms with E-state index in [-0.39, 0.29) is 22.1 Å². The van der Waals surface area contributed by atoms with Gasteiger partial charge in [0.25, 0.3) is 0 Å². The number of hydrogen-bond acceptors (Lipinski definition) is 7. The third-order valence-corrected chi connectivity index (χ3v) is 7.55. The van der Waals surface area contributed by atoms with Crippen molar-refractivity contribution < 1.29 is 12.8 Å². The van der Waals surface area contributed by atoms with Crippen LogP contribution < -0.4 is 20.9 Å². The summed E-state index contributed by atoms with van der Waals surface area (Å²) in [5, 5.41) is 10.9. The van der Waals surface area contributed by atoms with Gasteiger partial charge in [-0.05, 0) is 44.0 Å². The van der Waals surface area contributed by atoms with E-state index < -0.39 is 15.8 Å². The zero-order chi connectivity index (χ0) is 24.1. The number of hydrogen-bond donors (Lipinski definition) is 3. The Morgan fingerprint density at radius 1 is 1.26 bits per heavy atom. The van der Waals surface area contributed by atoms with Crippen LogP contribution in [0.2, 0.25) is 0 Å². The van der Waals surface area contributed by atoms with Gasteiger partial charge in [-0.25, -0.2) is 22.9 Å². The first-order valence-electron chi connectivity index (χ1n) is 11.3. The molecule has 3 heterocycles. The zero-order valence-electron chi connectivity index (χ0n) is 19.0.